The van der Waals surface area contributed by atoms with Crippen molar-refractivity contribution in [3.05, 3.63) is 0 Å². The molecule has 0 aromatic heterocycles. The molecular formula is C12H24O2. The predicted octanol–water partition coefficient (Wildman–Crippen LogP) is 2.89. The van der Waals surface area contributed by atoms with Gasteiger partial charge < -0.3 is 9.84 Å². The van der Waals surface area contributed by atoms with E-state index in [1.165, 1.54) is 12.8 Å². The van der Waals surface area contributed by atoms with Gasteiger partial charge in [-0.3, -0.25) is 0 Å². The molecule has 0 heterocycles. The Morgan fingerprint density at radius 3 is 2.50 bits per heavy atom. The van der Waals surface area contributed by atoms with Crippen molar-refractivity contribution in [3.8, 4) is 0 Å². The van der Waals surface area contributed by atoms with Gasteiger partial charge in [-0.1, -0.05) is 26.2 Å². The SMILES string of the molecule is CCC(C)(C)OC1CCCCCC1O. The Morgan fingerprint density at radius 2 is 1.86 bits per heavy atom. The summed E-state index contributed by atoms with van der Waals surface area (Å²) in [5.74, 6) is 0. The summed E-state index contributed by atoms with van der Waals surface area (Å²) in [5, 5.41) is 9.88. The maximum Gasteiger partial charge on any atom is 0.0841 e. The first-order valence-electron chi connectivity index (χ1n) is 5.91. The van der Waals surface area contributed by atoms with E-state index >= 15 is 0 Å². The highest BCUT2D eigenvalue weighted by atomic mass is 16.5. The molecule has 1 rings (SSSR count). The Labute approximate surface area is 87.7 Å². The molecule has 2 atom stereocenters. The van der Waals surface area contributed by atoms with Crippen LogP contribution in [0.25, 0.3) is 0 Å². The van der Waals surface area contributed by atoms with Crippen LogP contribution in [0.15, 0.2) is 0 Å². The standard InChI is InChI=1S/C12H24O2/c1-4-12(2,3)14-11-9-7-5-6-8-10(11)13/h10-11,13H,4-9H2,1-3H3. The molecular weight excluding hydrogens is 176 g/mol. The minimum Gasteiger partial charge on any atom is -0.390 e. The molecule has 0 aromatic carbocycles. The van der Waals surface area contributed by atoms with E-state index in [0.29, 0.717) is 0 Å². The van der Waals surface area contributed by atoms with Crippen molar-refractivity contribution in [1.82, 2.24) is 0 Å². The lowest BCUT2D eigenvalue weighted by Crippen LogP contribution is -2.36. The third kappa shape index (κ3) is 3.58. The second-order valence-corrected chi connectivity index (χ2v) is 4.97. The number of aliphatic hydroxyl groups is 1. The summed E-state index contributed by atoms with van der Waals surface area (Å²) >= 11 is 0. The van der Waals surface area contributed by atoms with E-state index in [-0.39, 0.29) is 17.8 Å². The zero-order chi connectivity index (χ0) is 10.6. The van der Waals surface area contributed by atoms with Crippen molar-refractivity contribution in [2.75, 3.05) is 0 Å². The van der Waals surface area contributed by atoms with Crippen molar-refractivity contribution < 1.29 is 9.84 Å². The Morgan fingerprint density at radius 1 is 1.21 bits per heavy atom. The van der Waals surface area contributed by atoms with Gasteiger partial charge in [0.25, 0.3) is 0 Å². The Bertz CT molecular complexity index is 166. The Balaban J connectivity index is 2.48. The molecule has 0 amide bonds. The number of hydrogen-bond donors (Lipinski definition) is 1. The molecule has 1 saturated carbocycles. The Kier molecular flexibility index (Phi) is 4.39. The summed E-state index contributed by atoms with van der Waals surface area (Å²) in [6, 6.07) is 0. The molecule has 1 fully saturated rings. The van der Waals surface area contributed by atoms with Gasteiger partial charge in [0.2, 0.25) is 0 Å². The molecule has 1 N–H and O–H groups in total. The zero-order valence-electron chi connectivity index (χ0n) is 9.75. The third-order valence-electron chi connectivity index (χ3n) is 3.24. The van der Waals surface area contributed by atoms with Crippen LogP contribution < -0.4 is 0 Å². The molecule has 0 aliphatic heterocycles. The smallest absolute Gasteiger partial charge is 0.0841 e. The summed E-state index contributed by atoms with van der Waals surface area (Å²) in [6.07, 6.45) is 6.32. The molecule has 2 unspecified atom stereocenters. The van der Waals surface area contributed by atoms with Crippen LogP contribution >= 0.6 is 0 Å². The number of aliphatic hydroxyl groups excluding tert-OH is 1. The lowest BCUT2D eigenvalue weighted by molar-refractivity contribution is -0.121. The third-order valence-corrected chi connectivity index (χ3v) is 3.24. The molecule has 0 aromatic rings. The molecule has 84 valence electrons. The summed E-state index contributed by atoms with van der Waals surface area (Å²) in [4.78, 5) is 0. The molecule has 0 saturated heterocycles. The quantitative estimate of drug-likeness (QED) is 0.710. The van der Waals surface area contributed by atoms with Crippen LogP contribution in [-0.4, -0.2) is 22.9 Å². The number of hydrogen-bond acceptors (Lipinski definition) is 2. The molecule has 0 bridgehead atoms. The predicted molar refractivity (Wildman–Crippen MR) is 58.3 cm³/mol. The van der Waals surface area contributed by atoms with Gasteiger partial charge in [-0.25, -0.2) is 0 Å². The topological polar surface area (TPSA) is 29.5 Å². The van der Waals surface area contributed by atoms with Crippen LogP contribution in [0.3, 0.4) is 0 Å². The van der Waals surface area contributed by atoms with Gasteiger partial charge in [0.05, 0.1) is 17.8 Å². The molecule has 0 spiro atoms. The van der Waals surface area contributed by atoms with E-state index in [0.717, 1.165) is 25.7 Å². The van der Waals surface area contributed by atoms with E-state index < -0.39 is 0 Å². The van der Waals surface area contributed by atoms with E-state index in [9.17, 15) is 5.11 Å². The maximum absolute atomic E-state index is 9.88. The average Bonchev–Trinajstić information content (AvgIpc) is 2.32. The molecule has 0 radical (unpaired) electrons. The van der Waals surface area contributed by atoms with Crippen LogP contribution in [0, 0.1) is 0 Å². The lowest BCUT2D eigenvalue weighted by Gasteiger charge is -2.31. The van der Waals surface area contributed by atoms with E-state index in [4.69, 9.17) is 4.74 Å². The van der Waals surface area contributed by atoms with Crippen LogP contribution in [-0.2, 0) is 4.74 Å². The van der Waals surface area contributed by atoms with Gasteiger partial charge in [-0.15, -0.1) is 0 Å². The highest BCUT2D eigenvalue weighted by Gasteiger charge is 2.28. The molecule has 2 heteroatoms. The molecule has 1 aliphatic rings. The van der Waals surface area contributed by atoms with Crippen molar-refractivity contribution in [2.45, 2.75) is 77.1 Å². The zero-order valence-corrected chi connectivity index (χ0v) is 9.75. The fourth-order valence-corrected chi connectivity index (χ4v) is 1.88. The fourth-order valence-electron chi connectivity index (χ4n) is 1.88. The average molecular weight is 200 g/mol. The van der Waals surface area contributed by atoms with Crippen LogP contribution in [0.5, 0.6) is 0 Å². The maximum atomic E-state index is 9.88. The lowest BCUT2D eigenvalue weighted by atomic mass is 10.0. The molecule has 2 nitrogen and oxygen atoms in total. The van der Waals surface area contributed by atoms with Crippen LogP contribution in [0.1, 0.15) is 59.3 Å². The minimum atomic E-state index is -0.247. The van der Waals surface area contributed by atoms with Gasteiger partial charge in [0, 0.05) is 0 Å². The first-order chi connectivity index (χ1) is 6.55. The highest BCUT2D eigenvalue weighted by molar-refractivity contribution is 4.77. The van der Waals surface area contributed by atoms with Crippen LogP contribution in [0.4, 0.5) is 0 Å². The first-order valence-corrected chi connectivity index (χ1v) is 5.91. The van der Waals surface area contributed by atoms with Gasteiger partial charge in [-0.05, 0) is 33.1 Å². The highest BCUT2D eigenvalue weighted by Crippen LogP contribution is 2.26. The van der Waals surface area contributed by atoms with Gasteiger partial charge >= 0.3 is 0 Å². The second kappa shape index (κ2) is 5.13. The monoisotopic (exact) mass is 200 g/mol. The summed E-state index contributed by atoms with van der Waals surface area (Å²) in [7, 11) is 0. The van der Waals surface area contributed by atoms with Crippen LogP contribution in [0.2, 0.25) is 0 Å². The molecule has 14 heavy (non-hydrogen) atoms. The number of ether oxygens (including phenoxy) is 1. The summed E-state index contributed by atoms with van der Waals surface area (Å²) < 4.78 is 5.97. The minimum absolute atomic E-state index is 0.0625. The molecule has 1 aliphatic carbocycles. The van der Waals surface area contributed by atoms with Crippen molar-refractivity contribution in [1.29, 1.82) is 0 Å². The van der Waals surface area contributed by atoms with Crippen molar-refractivity contribution >= 4 is 0 Å². The van der Waals surface area contributed by atoms with Crippen molar-refractivity contribution in [2.24, 2.45) is 0 Å². The van der Waals surface area contributed by atoms with E-state index in [1.54, 1.807) is 0 Å². The second-order valence-electron chi connectivity index (χ2n) is 4.97. The Hall–Kier alpha value is -0.0800. The largest absolute Gasteiger partial charge is 0.390 e. The number of rotatable bonds is 3. The van der Waals surface area contributed by atoms with Gasteiger partial charge in [0.1, 0.15) is 0 Å². The van der Waals surface area contributed by atoms with Gasteiger partial charge in [-0.2, -0.15) is 0 Å². The summed E-state index contributed by atoms with van der Waals surface area (Å²) in [6.45, 7) is 6.33. The van der Waals surface area contributed by atoms with E-state index in [1.807, 2.05) is 0 Å². The van der Waals surface area contributed by atoms with Gasteiger partial charge in [0.15, 0.2) is 0 Å². The first kappa shape index (κ1) is 12.0. The van der Waals surface area contributed by atoms with E-state index in [2.05, 4.69) is 20.8 Å². The van der Waals surface area contributed by atoms with Crippen molar-refractivity contribution in [3.63, 3.8) is 0 Å². The normalized spacial score (nSPS) is 30.0. The fraction of sp³-hybridized carbons (Fsp3) is 1.00. The summed E-state index contributed by atoms with van der Waals surface area (Å²) in [5.41, 5.74) is -0.0873.